The molecule has 5 nitrogen and oxygen atoms in total. The maximum absolute atomic E-state index is 16.0. The minimum absolute atomic E-state index is 0.0347. The van der Waals surface area contributed by atoms with Crippen LogP contribution in [0.2, 0.25) is 5.02 Å². The molecule has 0 saturated carbocycles. The van der Waals surface area contributed by atoms with Crippen LogP contribution in [-0.2, 0) is 4.57 Å². The van der Waals surface area contributed by atoms with E-state index in [1.54, 1.807) is 20.3 Å². The number of pyridine rings is 3. The second-order valence-electron chi connectivity index (χ2n) is 8.56. The SMILES string of the molecule is CC[C@H](Nc1c(Cl)c(C)nc2cc(F)c(-c3ccc(P(C)(C)=O)nc3)c(F)c12)c1ncccc1F. The molecule has 0 saturated heterocycles. The fraction of sp³-hybridized carbons (Fsp3) is 0.240. The number of anilines is 1. The summed E-state index contributed by atoms with van der Waals surface area (Å²) in [5, 5.41) is 3.22. The molecule has 3 aromatic heterocycles. The van der Waals surface area contributed by atoms with Gasteiger partial charge in [0.05, 0.1) is 50.0 Å². The topological polar surface area (TPSA) is 67.8 Å². The van der Waals surface area contributed by atoms with E-state index in [1.807, 2.05) is 6.92 Å². The summed E-state index contributed by atoms with van der Waals surface area (Å²) in [6, 6.07) is 6.24. The first kappa shape index (κ1) is 25.1. The molecule has 0 radical (unpaired) electrons. The molecular formula is C25H23ClF3N4OP. The van der Waals surface area contributed by atoms with Crippen LogP contribution >= 0.6 is 18.7 Å². The Balaban J connectivity index is 1.92. The summed E-state index contributed by atoms with van der Waals surface area (Å²) >= 11 is 6.54. The molecule has 4 aromatic rings. The summed E-state index contributed by atoms with van der Waals surface area (Å²) < 4.78 is 57.9. The van der Waals surface area contributed by atoms with E-state index in [0.29, 0.717) is 17.5 Å². The normalized spacial score (nSPS) is 12.7. The summed E-state index contributed by atoms with van der Waals surface area (Å²) in [6.07, 6.45) is 3.18. The van der Waals surface area contributed by atoms with Crippen molar-refractivity contribution in [3.63, 3.8) is 0 Å². The lowest BCUT2D eigenvalue weighted by Crippen LogP contribution is -2.15. The molecule has 3 heterocycles. The van der Waals surface area contributed by atoms with Gasteiger partial charge in [0.25, 0.3) is 0 Å². The zero-order valence-corrected chi connectivity index (χ0v) is 21.2. The van der Waals surface area contributed by atoms with Gasteiger partial charge in [0, 0.05) is 24.0 Å². The molecule has 0 aliphatic rings. The van der Waals surface area contributed by atoms with Crippen LogP contribution < -0.4 is 10.8 Å². The molecular weight excluding hydrogens is 496 g/mol. The van der Waals surface area contributed by atoms with Crippen molar-refractivity contribution in [1.82, 2.24) is 15.0 Å². The van der Waals surface area contributed by atoms with Gasteiger partial charge in [-0.25, -0.2) is 13.2 Å². The van der Waals surface area contributed by atoms with Crippen molar-refractivity contribution in [2.75, 3.05) is 18.6 Å². The number of hydrogen-bond acceptors (Lipinski definition) is 5. The number of nitrogens with zero attached hydrogens (tertiary/aromatic N) is 3. The molecule has 0 unspecified atom stereocenters. The predicted molar refractivity (Wildman–Crippen MR) is 135 cm³/mol. The van der Waals surface area contributed by atoms with Crippen LogP contribution in [0.25, 0.3) is 22.0 Å². The van der Waals surface area contributed by atoms with E-state index in [-0.39, 0.29) is 38.4 Å². The average Bonchev–Trinajstić information content (AvgIpc) is 2.80. The first-order valence-electron chi connectivity index (χ1n) is 10.9. The van der Waals surface area contributed by atoms with Crippen LogP contribution in [0.4, 0.5) is 18.9 Å². The van der Waals surface area contributed by atoms with Crippen molar-refractivity contribution >= 4 is 40.8 Å². The summed E-state index contributed by atoms with van der Waals surface area (Å²) in [5.41, 5.74) is 0.942. The van der Waals surface area contributed by atoms with E-state index < -0.39 is 30.6 Å². The third-order valence-electron chi connectivity index (χ3n) is 5.70. The summed E-state index contributed by atoms with van der Waals surface area (Å²) in [6.45, 7) is 6.57. The van der Waals surface area contributed by atoms with Crippen LogP contribution in [-0.4, -0.2) is 28.3 Å². The van der Waals surface area contributed by atoms with Gasteiger partial charge >= 0.3 is 0 Å². The van der Waals surface area contributed by atoms with E-state index in [9.17, 15) is 8.96 Å². The standard InChI is InChI=1S/C25H23ClF3N4OP/c1-5-17(24-15(27)7-6-10-30-24)33-25-21-18(32-13(2)22(25)26)11-16(28)20(23(21)29)14-8-9-19(31-12-14)35(3,4)34/h6-12,17H,5H2,1-4H3,(H,32,33)/t17-/m0/s1. The number of aromatic nitrogens is 3. The molecule has 4 rings (SSSR count). The summed E-state index contributed by atoms with van der Waals surface area (Å²) in [4.78, 5) is 12.5. The molecule has 0 amide bonds. The minimum Gasteiger partial charge on any atom is -0.375 e. The molecule has 1 aromatic carbocycles. The molecule has 10 heteroatoms. The zero-order valence-electron chi connectivity index (χ0n) is 19.5. The van der Waals surface area contributed by atoms with Gasteiger partial charge in [0.2, 0.25) is 0 Å². The fourth-order valence-electron chi connectivity index (χ4n) is 3.90. The maximum atomic E-state index is 16.0. The van der Waals surface area contributed by atoms with E-state index >= 15 is 8.78 Å². The first-order valence-corrected chi connectivity index (χ1v) is 13.9. The molecule has 0 bridgehead atoms. The largest absolute Gasteiger partial charge is 0.375 e. The lowest BCUT2D eigenvalue weighted by molar-refractivity contribution is 0.572. The first-order chi connectivity index (χ1) is 16.5. The number of nitrogens with one attached hydrogen (secondary N) is 1. The molecule has 1 N–H and O–H groups in total. The van der Waals surface area contributed by atoms with Gasteiger partial charge in [0.1, 0.15) is 24.6 Å². The molecule has 0 spiro atoms. The Labute approximate surface area is 206 Å². The lowest BCUT2D eigenvalue weighted by Gasteiger charge is -2.22. The van der Waals surface area contributed by atoms with Crippen LogP contribution in [0, 0.1) is 24.4 Å². The third-order valence-corrected chi connectivity index (χ3v) is 7.54. The van der Waals surface area contributed by atoms with Crippen LogP contribution in [0.15, 0.2) is 42.7 Å². The van der Waals surface area contributed by atoms with E-state index in [1.165, 1.54) is 36.7 Å². The van der Waals surface area contributed by atoms with E-state index in [0.717, 1.165) is 6.07 Å². The van der Waals surface area contributed by atoms with Crippen molar-refractivity contribution in [3.8, 4) is 11.1 Å². The highest BCUT2D eigenvalue weighted by atomic mass is 35.5. The molecule has 0 aliphatic heterocycles. The number of halogens is 4. The fourth-order valence-corrected chi connectivity index (χ4v) is 4.86. The Morgan fingerprint density at radius 1 is 1.11 bits per heavy atom. The summed E-state index contributed by atoms with van der Waals surface area (Å²) in [5.74, 6) is -2.23. The van der Waals surface area contributed by atoms with Gasteiger partial charge in [-0.1, -0.05) is 24.6 Å². The van der Waals surface area contributed by atoms with Crippen LogP contribution in [0.3, 0.4) is 0 Å². The molecule has 0 fully saturated rings. The lowest BCUT2D eigenvalue weighted by atomic mass is 10.0. The van der Waals surface area contributed by atoms with Crippen LogP contribution in [0.1, 0.15) is 30.8 Å². The average molecular weight is 519 g/mol. The highest BCUT2D eigenvalue weighted by Gasteiger charge is 2.25. The van der Waals surface area contributed by atoms with Crippen molar-refractivity contribution in [3.05, 3.63) is 76.6 Å². The Bertz CT molecular complexity index is 1470. The second kappa shape index (κ2) is 9.59. The predicted octanol–water partition coefficient (Wildman–Crippen LogP) is 6.88. The van der Waals surface area contributed by atoms with Gasteiger partial charge in [-0.3, -0.25) is 15.0 Å². The number of benzene rings is 1. The number of aryl methyl sites for hydroxylation is 1. The van der Waals surface area contributed by atoms with Gasteiger partial charge in [-0.05, 0) is 44.9 Å². The van der Waals surface area contributed by atoms with Crippen molar-refractivity contribution in [2.45, 2.75) is 26.3 Å². The second-order valence-corrected chi connectivity index (χ2v) is 12.1. The van der Waals surface area contributed by atoms with Crippen molar-refractivity contribution in [2.24, 2.45) is 0 Å². The molecule has 1 atom stereocenters. The maximum Gasteiger partial charge on any atom is 0.146 e. The zero-order chi connectivity index (χ0) is 25.5. The quantitative estimate of drug-likeness (QED) is 0.282. The molecule has 0 aliphatic carbocycles. The smallest absolute Gasteiger partial charge is 0.146 e. The Morgan fingerprint density at radius 2 is 1.86 bits per heavy atom. The Hall–Kier alpha value is -2.96. The van der Waals surface area contributed by atoms with Gasteiger partial charge in [-0.2, -0.15) is 0 Å². The van der Waals surface area contributed by atoms with Crippen molar-refractivity contribution < 1.29 is 17.7 Å². The highest BCUT2D eigenvalue weighted by Crippen LogP contribution is 2.41. The van der Waals surface area contributed by atoms with Crippen molar-refractivity contribution in [1.29, 1.82) is 0 Å². The minimum atomic E-state index is -2.64. The molecule has 182 valence electrons. The number of fused-ring (bicyclic) bond motifs is 1. The van der Waals surface area contributed by atoms with Crippen LogP contribution in [0.5, 0.6) is 0 Å². The third kappa shape index (κ3) is 4.78. The number of hydrogen-bond donors (Lipinski definition) is 1. The highest BCUT2D eigenvalue weighted by molar-refractivity contribution is 7.69. The van der Waals surface area contributed by atoms with Gasteiger partial charge < -0.3 is 9.88 Å². The Morgan fingerprint density at radius 3 is 2.46 bits per heavy atom. The summed E-state index contributed by atoms with van der Waals surface area (Å²) in [7, 11) is -2.64. The number of rotatable bonds is 6. The Kier molecular flexibility index (Phi) is 6.89. The molecule has 35 heavy (non-hydrogen) atoms. The van der Waals surface area contributed by atoms with Gasteiger partial charge in [0.15, 0.2) is 0 Å². The van der Waals surface area contributed by atoms with E-state index in [4.69, 9.17) is 11.6 Å². The van der Waals surface area contributed by atoms with Gasteiger partial charge in [-0.15, -0.1) is 0 Å². The monoisotopic (exact) mass is 518 g/mol. The van der Waals surface area contributed by atoms with E-state index in [2.05, 4.69) is 20.3 Å².